The molecule has 3 rings (SSSR count). The molecule has 10 heteroatoms. The lowest BCUT2D eigenvalue weighted by atomic mass is 9.95. The molecular formula is C19H15F5N2O3. The van der Waals surface area contributed by atoms with Crippen LogP contribution >= 0.6 is 0 Å². The smallest absolute Gasteiger partial charge is 0.458 e. The molecule has 2 aromatic carbocycles. The van der Waals surface area contributed by atoms with Gasteiger partial charge in [-0.05, 0) is 23.8 Å². The molecule has 0 unspecified atom stereocenters. The third-order valence-electron chi connectivity index (χ3n) is 4.46. The maximum absolute atomic E-state index is 14.3. The van der Waals surface area contributed by atoms with Gasteiger partial charge in [0.1, 0.15) is 5.75 Å². The van der Waals surface area contributed by atoms with Gasteiger partial charge in [-0.1, -0.05) is 36.4 Å². The van der Waals surface area contributed by atoms with Gasteiger partial charge in [-0.15, -0.1) is 0 Å². The van der Waals surface area contributed by atoms with Gasteiger partial charge in [0.05, 0.1) is 12.8 Å². The molecule has 5 nitrogen and oxygen atoms in total. The van der Waals surface area contributed by atoms with Crippen molar-refractivity contribution < 1.29 is 36.6 Å². The van der Waals surface area contributed by atoms with Crippen LogP contribution in [-0.2, 0) is 0 Å². The topological polar surface area (TPSA) is 62.1 Å². The molecule has 0 bridgehead atoms. The summed E-state index contributed by atoms with van der Waals surface area (Å²) in [5.41, 5.74) is -4.30. The number of methoxy groups -OCH3 is 1. The first-order valence-corrected chi connectivity index (χ1v) is 8.29. The molecule has 0 aromatic heterocycles. The zero-order chi connectivity index (χ0) is 21.4. The first-order valence-electron chi connectivity index (χ1n) is 8.29. The van der Waals surface area contributed by atoms with Crippen molar-refractivity contribution in [2.24, 2.45) is 5.10 Å². The van der Waals surface area contributed by atoms with Crippen molar-refractivity contribution >= 4 is 11.6 Å². The Labute approximate surface area is 162 Å². The molecule has 0 saturated carbocycles. The molecule has 1 aliphatic heterocycles. The highest BCUT2D eigenvalue weighted by Crippen LogP contribution is 2.49. The summed E-state index contributed by atoms with van der Waals surface area (Å²) >= 11 is 0. The molecule has 0 fully saturated rings. The third-order valence-corrected chi connectivity index (χ3v) is 4.46. The van der Waals surface area contributed by atoms with Gasteiger partial charge in [0.15, 0.2) is 0 Å². The highest BCUT2D eigenvalue weighted by Gasteiger charge is 2.75. The number of alkyl halides is 5. The van der Waals surface area contributed by atoms with E-state index < -0.39 is 30.2 Å². The molecule has 1 amide bonds. The van der Waals surface area contributed by atoms with Crippen LogP contribution in [0, 0.1) is 0 Å². The number of hydrogen-bond donors (Lipinski definition) is 1. The summed E-state index contributed by atoms with van der Waals surface area (Å²) in [4.78, 5) is 12.8. The lowest BCUT2D eigenvalue weighted by Crippen LogP contribution is -2.64. The van der Waals surface area contributed by atoms with Gasteiger partial charge in [-0.3, -0.25) is 4.79 Å². The second-order valence-electron chi connectivity index (χ2n) is 6.33. The van der Waals surface area contributed by atoms with E-state index >= 15 is 0 Å². The quantitative estimate of drug-likeness (QED) is 0.774. The van der Waals surface area contributed by atoms with Crippen LogP contribution < -0.4 is 4.74 Å². The number of amides is 1. The second kappa shape index (κ2) is 7.11. The zero-order valence-electron chi connectivity index (χ0n) is 15.0. The van der Waals surface area contributed by atoms with Crippen LogP contribution in [0.25, 0.3) is 0 Å². The molecule has 29 heavy (non-hydrogen) atoms. The third kappa shape index (κ3) is 3.44. The van der Waals surface area contributed by atoms with Gasteiger partial charge in [0, 0.05) is 12.0 Å². The largest absolute Gasteiger partial charge is 0.497 e. The Morgan fingerprint density at radius 2 is 1.76 bits per heavy atom. The highest BCUT2D eigenvalue weighted by atomic mass is 19.4. The van der Waals surface area contributed by atoms with Crippen LogP contribution in [0.1, 0.15) is 22.3 Å². The standard InChI is InChI=1S/C19H15F5N2O3/c1-29-14-9-5-8-13(10-14)16(27)26-17(28,18(20,21)19(22,23)24)11-15(25-26)12-6-3-2-4-7-12/h2-10,28H,11H2,1H3/t17-/m1/s1. The van der Waals surface area contributed by atoms with E-state index in [9.17, 15) is 31.9 Å². The van der Waals surface area contributed by atoms with E-state index in [1.54, 1.807) is 6.07 Å². The molecule has 0 radical (unpaired) electrons. The normalized spacial score (nSPS) is 19.8. The Kier molecular flexibility index (Phi) is 5.08. The second-order valence-corrected chi connectivity index (χ2v) is 6.33. The predicted octanol–water partition coefficient (Wildman–Crippen LogP) is 3.83. The number of benzene rings is 2. The number of carbonyl (C=O) groups is 1. The Morgan fingerprint density at radius 1 is 1.10 bits per heavy atom. The monoisotopic (exact) mass is 414 g/mol. The van der Waals surface area contributed by atoms with Gasteiger partial charge in [0.25, 0.3) is 5.91 Å². The van der Waals surface area contributed by atoms with Gasteiger partial charge in [0.2, 0.25) is 5.72 Å². The van der Waals surface area contributed by atoms with Crippen LogP contribution in [0.15, 0.2) is 59.7 Å². The number of hydrazone groups is 1. The van der Waals surface area contributed by atoms with Crippen LogP contribution in [0.4, 0.5) is 22.0 Å². The number of nitrogens with zero attached hydrogens (tertiary/aromatic N) is 2. The van der Waals surface area contributed by atoms with E-state index in [4.69, 9.17) is 4.74 Å². The number of hydrogen-bond acceptors (Lipinski definition) is 4. The number of carbonyl (C=O) groups excluding carboxylic acids is 1. The zero-order valence-corrected chi connectivity index (χ0v) is 15.0. The molecule has 0 aliphatic carbocycles. The van der Waals surface area contributed by atoms with Crippen molar-refractivity contribution in [3.63, 3.8) is 0 Å². The fourth-order valence-corrected chi connectivity index (χ4v) is 2.90. The minimum atomic E-state index is -6.11. The summed E-state index contributed by atoms with van der Waals surface area (Å²) in [5, 5.41) is 13.9. The Morgan fingerprint density at radius 3 is 2.34 bits per heavy atom. The van der Waals surface area contributed by atoms with Crippen molar-refractivity contribution in [2.75, 3.05) is 7.11 Å². The van der Waals surface area contributed by atoms with Gasteiger partial charge < -0.3 is 9.84 Å². The maximum atomic E-state index is 14.3. The van der Waals surface area contributed by atoms with Crippen molar-refractivity contribution in [3.05, 3.63) is 65.7 Å². The number of aliphatic hydroxyl groups is 1. The Balaban J connectivity index is 2.11. The summed E-state index contributed by atoms with van der Waals surface area (Å²) in [6, 6.07) is 12.6. The Bertz CT molecular complexity index is 946. The Hall–Kier alpha value is -3.01. The van der Waals surface area contributed by atoms with E-state index in [0.29, 0.717) is 0 Å². The van der Waals surface area contributed by atoms with E-state index in [0.717, 1.165) is 6.07 Å². The minimum absolute atomic E-state index is 0.174. The molecule has 0 spiro atoms. The summed E-state index contributed by atoms with van der Waals surface area (Å²) in [5.74, 6) is -6.80. The molecule has 154 valence electrons. The average molecular weight is 414 g/mol. The van der Waals surface area contributed by atoms with Crippen molar-refractivity contribution in [3.8, 4) is 5.75 Å². The number of halogens is 5. The summed E-state index contributed by atoms with van der Waals surface area (Å²) in [7, 11) is 1.29. The summed E-state index contributed by atoms with van der Waals surface area (Å²) in [6.07, 6.45) is -7.32. The van der Waals surface area contributed by atoms with Crippen molar-refractivity contribution in [1.82, 2.24) is 5.01 Å². The van der Waals surface area contributed by atoms with Crippen LogP contribution in [0.3, 0.4) is 0 Å². The van der Waals surface area contributed by atoms with E-state index in [1.807, 2.05) is 0 Å². The van der Waals surface area contributed by atoms with Crippen LogP contribution in [0.5, 0.6) is 5.75 Å². The van der Waals surface area contributed by atoms with E-state index in [1.165, 1.54) is 49.6 Å². The fraction of sp³-hybridized carbons (Fsp3) is 0.263. The lowest BCUT2D eigenvalue weighted by molar-refractivity contribution is -0.362. The van der Waals surface area contributed by atoms with Gasteiger partial charge >= 0.3 is 12.1 Å². The first kappa shape index (κ1) is 20.7. The highest BCUT2D eigenvalue weighted by molar-refractivity contribution is 6.05. The summed E-state index contributed by atoms with van der Waals surface area (Å²) in [6.45, 7) is 0. The molecule has 1 N–H and O–H groups in total. The molecule has 0 saturated heterocycles. The first-order chi connectivity index (χ1) is 13.5. The minimum Gasteiger partial charge on any atom is -0.497 e. The van der Waals surface area contributed by atoms with Crippen LogP contribution in [0.2, 0.25) is 0 Å². The van der Waals surface area contributed by atoms with Gasteiger partial charge in [-0.25, -0.2) is 0 Å². The molecule has 1 atom stereocenters. The molecule has 1 heterocycles. The number of ether oxygens (including phenoxy) is 1. The van der Waals surface area contributed by atoms with E-state index in [-0.39, 0.29) is 27.6 Å². The van der Waals surface area contributed by atoms with Crippen molar-refractivity contribution in [1.29, 1.82) is 0 Å². The lowest BCUT2D eigenvalue weighted by Gasteiger charge is -2.38. The van der Waals surface area contributed by atoms with Gasteiger partial charge in [-0.2, -0.15) is 32.1 Å². The van der Waals surface area contributed by atoms with Crippen LogP contribution in [-0.4, -0.2) is 46.7 Å². The summed E-state index contributed by atoms with van der Waals surface area (Å²) < 4.78 is 72.9. The van der Waals surface area contributed by atoms with E-state index in [2.05, 4.69) is 5.10 Å². The van der Waals surface area contributed by atoms with Crippen molar-refractivity contribution in [2.45, 2.75) is 24.2 Å². The average Bonchev–Trinajstić information content (AvgIpc) is 3.06. The molecule has 1 aliphatic rings. The SMILES string of the molecule is COc1cccc(C(=O)N2N=C(c3ccccc3)C[C@@]2(O)C(F)(F)C(F)(F)F)c1. The molecular weight excluding hydrogens is 399 g/mol. The maximum Gasteiger partial charge on any atom is 0.458 e. The fourth-order valence-electron chi connectivity index (χ4n) is 2.90. The predicted molar refractivity (Wildman–Crippen MR) is 92.7 cm³/mol. The molecule has 2 aromatic rings. The number of rotatable bonds is 4.